The van der Waals surface area contributed by atoms with E-state index < -0.39 is 0 Å². The fourth-order valence-corrected chi connectivity index (χ4v) is 3.01. The largest absolute Gasteiger partial charge is 0.350 e. The summed E-state index contributed by atoms with van der Waals surface area (Å²) in [5, 5.41) is 11.4. The van der Waals surface area contributed by atoms with Gasteiger partial charge in [-0.25, -0.2) is 4.98 Å². The summed E-state index contributed by atoms with van der Waals surface area (Å²) in [6, 6.07) is 6.11. The molecule has 2 heterocycles. The number of carbonyl (C=O) groups is 1. The molecule has 0 spiro atoms. The first-order valence-corrected chi connectivity index (χ1v) is 8.10. The number of carbonyl (C=O) groups excluding carboxylic acids is 1. The van der Waals surface area contributed by atoms with Crippen LogP contribution >= 0.6 is 11.3 Å². The number of rotatable bonds is 5. The van der Waals surface area contributed by atoms with Crippen molar-refractivity contribution in [1.82, 2.24) is 20.1 Å². The summed E-state index contributed by atoms with van der Waals surface area (Å²) in [5.41, 5.74) is 3.19. The van der Waals surface area contributed by atoms with Gasteiger partial charge in [-0.15, -0.1) is 11.3 Å². The predicted octanol–water partition coefficient (Wildman–Crippen LogP) is 2.82. The van der Waals surface area contributed by atoms with Gasteiger partial charge in [0.15, 0.2) is 0 Å². The normalized spacial score (nSPS) is 11.0. The molecule has 1 N–H and O–H groups in total. The van der Waals surface area contributed by atoms with Gasteiger partial charge in [0.05, 0.1) is 35.5 Å². The Morgan fingerprint density at radius 2 is 2.23 bits per heavy atom. The molecule has 0 aliphatic rings. The lowest BCUT2D eigenvalue weighted by atomic mass is 10.1. The monoisotopic (exact) mass is 314 g/mol. The van der Waals surface area contributed by atoms with Gasteiger partial charge < -0.3 is 5.32 Å². The second-order valence-electron chi connectivity index (χ2n) is 5.26. The second-order valence-corrected chi connectivity index (χ2v) is 6.32. The number of hydrogen-bond donors (Lipinski definition) is 1. The van der Waals surface area contributed by atoms with Crippen LogP contribution in [0.25, 0.3) is 10.9 Å². The molecule has 0 saturated carbocycles. The number of amides is 1. The molecular weight excluding hydrogens is 296 g/mol. The van der Waals surface area contributed by atoms with Crippen LogP contribution in [-0.4, -0.2) is 20.7 Å². The second kappa shape index (κ2) is 6.27. The molecule has 3 aromatic rings. The smallest absolute Gasteiger partial charge is 0.222 e. The Labute approximate surface area is 133 Å². The Morgan fingerprint density at radius 1 is 1.36 bits per heavy atom. The summed E-state index contributed by atoms with van der Waals surface area (Å²) in [4.78, 5) is 16.3. The minimum absolute atomic E-state index is 0.0157. The quantitative estimate of drug-likeness (QED) is 0.788. The van der Waals surface area contributed by atoms with Crippen LogP contribution in [0.3, 0.4) is 0 Å². The van der Waals surface area contributed by atoms with Crippen LogP contribution in [0.15, 0.2) is 29.8 Å². The average molecular weight is 314 g/mol. The van der Waals surface area contributed by atoms with E-state index in [1.165, 1.54) is 5.56 Å². The van der Waals surface area contributed by atoms with Gasteiger partial charge in [-0.3, -0.25) is 9.48 Å². The number of fused-ring (bicyclic) bond motifs is 1. The molecule has 0 radical (unpaired) electrons. The van der Waals surface area contributed by atoms with E-state index in [-0.39, 0.29) is 5.91 Å². The number of hydrogen-bond acceptors (Lipinski definition) is 4. The molecule has 22 heavy (non-hydrogen) atoms. The van der Waals surface area contributed by atoms with Gasteiger partial charge in [0.25, 0.3) is 0 Å². The molecule has 0 bridgehead atoms. The van der Waals surface area contributed by atoms with E-state index in [0.29, 0.717) is 19.5 Å². The standard InChI is InChI=1S/C16H18N4OS/c1-11-4-3-5-15-14(11)9-18-20(15)7-6-16(21)17-8-13-10-22-12(2)19-13/h3-5,9-10H,6-8H2,1-2H3,(H,17,21). The molecule has 0 saturated heterocycles. The molecule has 3 rings (SSSR count). The summed E-state index contributed by atoms with van der Waals surface area (Å²) in [7, 11) is 0. The zero-order chi connectivity index (χ0) is 15.5. The zero-order valence-electron chi connectivity index (χ0n) is 12.7. The van der Waals surface area contributed by atoms with Crippen LogP contribution in [0, 0.1) is 13.8 Å². The van der Waals surface area contributed by atoms with E-state index in [0.717, 1.165) is 21.6 Å². The highest BCUT2D eigenvalue weighted by Crippen LogP contribution is 2.17. The maximum absolute atomic E-state index is 11.9. The number of thiazole rings is 1. The van der Waals surface area contributed by atoms with Gasteiger partial charge >= 0.3 is 0 Å². The molecule has 1 amide bonds. The maximum Gasteiger partial charge on any atom is 0.222 e. The van der Waals surface area contributed by atoms with Crippen LogP contribution in [0.4, 0.5) is 0 Å². The summed E-state index contributed by atoms with van der Waals surface area (Å²) in [6.45, 7) is 5.09. The highest BCUT2D eigenvalue weighted by atomic mass is 32.1. The van der Waals surface area contributed by atoms with E-state index in [4.69, 9.17) is 0 Å². The van der Waals surface area contributed by atoms with Gasteiger partial charge in [-0.1, -0.05) is 12.1 Å². The molecule has 0 aliphatic heterocycles. The summed E-state index contributed by atoms with van der Waals surface area (Å²) >= 11 is 1.59. The number of aryl methyl sites for hydroxylation is 3. The van der Waals surface area contributed by atoms with E-state index >= 15 is 0 Å². The van der Waals surface area contributed by atoms with E-state index in [2.05, 4.69) is 28.4 Å². The van der Waals surface area contributed by atoms with Crippen molar-refractivity contribution in [1.29, 1.82) is 0 Å². The number of aromatic nitrogens is 3. The van der Waals surface area contributed by atoms with E-state index in [9.17, 15) is 4.79 Å². The number of nitrogens with one attached hydrogen (secondary N) is 1. The summed E-state index contributed by atoms with van der Waals surface area (Å²) in [5.74, 6) is 0.0157. The molecule has 0 atom stereocenters. The van der Waals surface area contributed by atoms with Crippen LogP contribution < -0.4 is 5.32 Å². The third kappa shape index (κ3) is 3.17. The lowest BCUT2D eigenvalue weighted by Crippen LogP contribution is -2.24. The van der Waals surface area contributed by atoms with Gasteiger partial charge in [-0.2, -0.15) is 5.10 Å². The third-order valence-corrected chi connectivity index (χ3v) is 4.41. The van der Waals surface area contributed by atoms with Crippen LogP contribution in [0.1, 0.15) is 22.7 Å². The minimum atomic E-state index is 0.0157. The van der Waals surface area contributed by atoms with Crippen molar-refractivity contribution in [3.05, 3.63) is 46.0 Å². The molecular formula is C16H18N4OS. The van der Waals surface area contributed by atoms with Gasteiger partial charge in [-0.05, 0) is 25.5 Å². The van der Waals surface area contributed by atoms with Crippen molar-refractivity contribution >= 4 is 28.1 Å². The zero-order valence-corrected chi connectivity index (χ0v) is 13.5. The molecule has 5 nitrogen and oxygen atoms in total. The van der Waals surface area contributed by atoms with Crippen molar-refractivity contribution < 1.29 is 4.79 Å². The fraction of sp³-hybridized carbons (Fsp3) is 0.312. The van der Waals surface area contributed by atoms with Crippen LogP contribution in [0.5, 0.6) is 0 Å². The van der Waals surface area contributed by atoms with Crippen molar-refractivity contribution in [2.45, 2.75) is 33.4 Å². The highest BCUT2D eigenvalue weighted by Gasteiger charge is 2.07. The average Bonchev–Trinajstić information content (AvgIpc) is 3.10. The van der Waals surface area contributed by atoms with Crippen molar-refractivity contribution in [2.24, 2.45) is 0 Å². The summed E-state index contributed by atoms with van der Waals surface area (Å²) < 4.78 is 1.88. The predicted molar refractivity (Wildman–Crippen MR) is 87.8 cm³/mol. The van der Waals surface area contributed by atoms with Crippen LogP contribution in [-0.2, 0) is 17.9 Å². The molecule has 0 fully saturated rings. The Balaban J connectivity index is 1.57. The Hall–Kier alpha value is -2.21. The van der Waals surface area contributed by atoms with Crippen molar-refractivity contribution in [3.63, 3.8) is 0 Å². The third-order valence-electron chi connectivity index (χ3n) is 3.59. The van der Waals surface area contributed by atoms with E-state index in [1.54, 1.807) is 11.3 Å². The Morgan fingerprint density at radius 3 is 3.00 bits per heavy atom. The topological polar surface area (TPSA) is 59.8 Å². The van der Waals surface area contributed by atoms with Gasteiger partial charge in [0.2, 0.25) is 5.91 Å². The lowest BCUT2D eigenvalue weighted by Gasteiger charge is -2.05. The van der Waals surface area contributed by atoms with Crippen molar-refractivity contribution in [2.75, 3.05) is 0 Å². The first kappa shape index (κ1) is 14.7. The first-order valence-electron chi connectivity index (χ1n) is 7.22. The van der Waals surface area contributed by atoms with Gasteiger partial charge in [0.1, 0.15) is 0 Å². The molecule has 2 aromatic heterocycles. The van der Waals surface area contributed by atoms with Crippen molar-refractivity contribution in [3.8, 4) is 0 Å². The minimum Gasteiger partial charge on any atom is -0.350 e. The molecule has 0 aliphatic carbocycles. The lowest BCUT2D eigenvalue weighted by molar-refractivity contribution is -0.121. The molecule has 6 heteroatoms. The molecule has 114 valence electrons. The van der Waals surface area contributed by atoms with Crippen LogP contribution in [0.2, 0.25) is 0 Å². The molecule has 1 aromatic carbocycles. The fourth-order valence-electron chi connectivity index (χ4n) is 2.40. The van der Waals surface area contributed by atoms with Gasteiger partial charge in [0, 0.05) is 17.2 Å². The Bertz CT molecular complexity index is 805. The number of benzene rings is 1. The summed E-state index contributed by atoms with van der Waals surface area (Å²) in [6.07, 6.45) is 2.27. The van der Waals surface area contributed by atoms with E-state index in [1.807, 2.05) is 35.3 Å². The SMILES string of the molecule is Cc1nc(CNC(=O)CCn2ncc3c(C)cccc32)cs1. The number of nitrogens with zero attached hydrogens (tertiary/aromatic N) is 3. The maximum atomic E-state index is 11.9. The molecule has 0 unspecified atom stereocenters. The first-order chi connectivity index (χ1) is 10.6. The Kier molecular flexibility index (Phi) is 4.20. The highest BCUT2D eigenvalue weighted by molar-refractivity contribution is 7.09.